The fraction of sp³-hybridized carbons (Fsp3) is 0.217. The van der Waals surface area contributed by atoms with Crippen molar-refractivity contribution >= 4 is 17.4 Å². The zero-order chi connectivity index (χ0) is 22.5. The molecule has 0 saturated carbocycles. The van der Waals surface area contributed by atoms with Gasteiger partial charge in [0.25, 0.3) is 5.56 Å². The first-order chi connectivity index (χ1) is 14.8. The van der Waals surface area contributed by atoms with Gasteiger partial charge in [-0.2, -0.15) is 0 Å². The van der Waals surface area contributed by atoms with E-state index in [1.807, 2.05) is 0 Å². The minimum absolute atomic E-state index is 0.0875. The van der Waals surface area contributed by atoms with Gasteiger partial charge < -0.3 is 10.4 Å². The number of anilines is 1. The normalized spacial score (nSPS) is 10.7. The van der Waals surface area contributed by atoms with Gasteiger partial charge in [0.15, 0.2) is 5.78 Å². The van der Waals surface area contributed by atoms with E-state index >= 15 is 0 Å². The number of aromatic nitrogens is 2. The summed E-state index contributed by atoms with van der Waals surface area (Å²) < 4.78 is 14.6. The first kappa shape index (κ1) is 22.0. The molecule has 0 fully saturated rings. The predicted octanol–water partition coefficient (Wildman–Crippen LogP) is 2.73. The smallest absolute Gasteiger partial charge is 0.257 e. The van der Waals surface area contributed by atoms with E-state index in [0.717, 1.165) is 0 Å². The van der Waals surface area contributed by atoms with Crippen molar-refractivity contribution in [2.45, 2.75) is 26.8 Å². The number of amides is 1. The van der Waals surface area contributed by atoms with Crippen LogP contribution in [-0.2, 0) is 17.8 Å². The average molecular weight is 423 g/mol. The number of carbonyl (C=O) groups excluding carboxylic acids is 2. The molecule has 0 aliphatic rings. The average Bonchev–Trinajstić information content (AvgIpc) is 2.74. The Labute approximate surface area is 178 Å². The second-order valence-electron chi connectivity index (χ2n) is 7.05. The number of aryl methyl sites for hydroxylation is 1. The maximum Gasteiger partial charge on any atom is 0.257 e. The minimum atomic E-state index is -0.471. The van der Waals surface area contributed by atoms with Crippen LogP contribution in [0.5, 0.6) is 0 Å². The van der Waals surface area contributed by atoms with E-state index in [1.54, 1.807) is 31.2 Å². The van der Waals surface area contributed by atoms with Gasteiger partial charge in [-0.3, -0.25) is 19.0 Å². The Morgan fingerprint density at radius 2 is 1.74 bits per heavy atom. The zero-order valence-electron chi connectivity index (χ0n) is 17.2. The molecule has 3 aromatic rings. The lowest BCUT2D eigenvalue weighted by molar-refractivity contribution is -0.116. The molecule has 1 aromatic heterocycles. The fourth-order valence-corrected chi connectivity index (χ4v) is 3.20. The minimum Gasteiger partial charge on any atom is -0.396 e. The summed E-state index contributed by atoms with van der Waals surface area (Å²) in [5.74, 6) is -0.763. The summed E-state index contributed by atoms with van der Waals surface area (Å²) in [7, 11) is 0. The summed E-state index contributed by atoms with van der Waals surface area (Å²) in [6.45, 7) is 2.54. The first-order valence-electron chi connectivity index (χ1n) is 9.68. The fourth-order valence-electron chi connectivity index (χ4n) is 3.20. The number of hydrogen-bond acceptors (Lipinski definition) is 5. The van der Waals surface area contributed by atoms with E-state index in [2.05, 4.69) is 10.3 Å². The number of benzene rings is 2. The molecule has 3 rings (SSSR count). The number of halogens is 1. The highest BCUT2D eigenvalue weighted by Crippen LogP contribution is 2.19. The van der Waals surface area contributed by atoms with E-state index in [-0.39, 0.29) is 31.2 Å². The highest BCUT2D eigenvalue weighted by atomic mass is 19.1. The number of rotatable bonds is 7. The van der Waals surface area contributed by atoms with Gasteiger partial charge >= 0.3 is 0 Å². The van der Waals surface area contributed by atoms with Crippen LogP contribution in [-0.4, -0.2) is 33.0 Å². The molecule has 1 amide bonds. The number of nitrogens with zero attached hydrogens (tertiary/aromatic N) is 2. The van der Waals surface area contributed by atoms with Crippen LogP contribution < -0.4 is 10.9 Å². The van der Waals surface area contributed by atoms with Gasteiger partial charge in [-0.15, -0.1) is 0 Å². The van der Waals surface area contributed by atoms with Crippen LogP contribution in [0.1, 0.15) is 28.5 Å². The van der Waals surface area contributed by atoms with E-state index in [4.69, 9.17) is 0 Å². The number of ketones is 1. The molecule has 2 aromatic carbocycles. The SMILES string of the molecule is CC(=O)c1ccc(NC(=O)Cn2c(-c3ccc(F)cc3)nc(C)c(CCO)c2=O)cc1. The van der Waals surface area contributed by atoms with Crippen LogP contribution in [0.2, 0.25) is 0 Å². The van der Waals surface area contributed by atoms with Crippen LogP contribution in [0, 0.1) is 12.7 Å². The molecule has 0 aliphatic carbocycles. The van der Waals surface area contributed by atoms with Gasteiger partial charge in [-0.05, 0) is 62.4 Å². The third kappa shape index (κ3) is 5.10. The summed E-state index contributed by atoms with van der Waals surface area (Å²) >= 11 is 0. The molecule has 0 saturated heterocycles. The van der Waals surface area contributed by atoms with Crippen LogP contribution in [0.3, 0.4) is 0 Å². The van der Waals surface area contributed by atoms with Gasteiger partial charge in [0.1, 0.15) is 18.2 Å². The topological polar surface area (TPSA) is 101 Å². The van der Waals surface area contributed by atoms with Crippen molar-refractivity contribution in [1.29, 1.82) is 0 Å². The number of aliphatic hydroxyl groups is 1. The van der Waals surface area contributed by atoms with Crippen LogP contribution in [0.25, 0.3) is 11.4 Å². The lowest BCUT2D eigenvalue weighted by Crippen LogP contribution is -2.33. The summed E-state index contributed by atoms with van der Waals surface area (Å²) in [5, 5.41) is 12.0. The van der Waals surface area contributed by atoms with Crippen molar-refractivity contribution in [2.75, 3.05) is 11.9 Å². The molecule has 0 spiro atoms. The molecule has 0 aliphatic heterocycles. The molecule has 1 heterocycles. The van der Waals surface area contributed by atoms with Gasteiger partial charge in [-0.1, -0.05) is 0 Å². The number of carbonyl (C=O) groups is 2. The largest absolute Gasteiger partial charge is 0.396 e. The molecule has 8 heteroatoms. The Hall–Kier alpha value is -3.65. The molecule has 0 bridgehead atoms. The lowest BCUT2D eigenvalue weighted by atomic mass is 10.1. The van der Waals surface area contributed by atoms with Gasteiger partial charge in [0.2, 0.25) is 5.91 Å². The van der Waals surface area contributed by atoms with E-state index < -0.39 is 17.3 Å². The Morgan fingerprint density at radius 1 is 1.10 bits per heavy atom. The Balaban J connectivity index is 1.96. The quantitative estimate of drug-likeness (QED) is 0.569. The molecular formula is C23H22FN3O4. The summed E-state index contributed by atoms with van der Waals surface area (Å²) in [6, 6.07) is 11.9. The summed E-state index contributed by atoms with van der Waals surface area (Å²) in [4.78, 5) is 41.6. The lowest BCUT2D eigenvalue weighted by Gasteiger charge is -2.16. The van der Waals surface area contributed by atoms with Crippen molar-refractivity contribution in [3.8, 4) is 11.4 Å². The Bertz CT molecular complexity index is 1170. The molecular weight excluding hydrogens is 401 g/mol. The standard InChI is InChI=1S/C23H22FN3O4/c1-14-20(11-12-28)23(31)27(22(25-14)17-3-7-18(24)8-4-17)13-21(30)26-19-9-5-16(6-10-19)15(2)29/h3-10,28H,11-13H2,1-2H3,(H,26,30). The summed E-state index contributed by atoms with van der Waals surface area (Å²) in [6.07, 6.45) is 0.107. The molecule has 0 radical (unpaired) electrons. The van der Waals surface area contributed by atoms with E-state index in [9.17, 15) is 23.9 Å². The maximum atomic E-state index is 13.4. The number of Topliss-reactive ketones (excluding diaryl/α,β-unsaturated/α-hetero) is 1. The van der Waals surface area contributed by atoms with Crippen molar-refractivity contribution in [1.82, 2.24) is 9.55 Å². The molecule has 2 N–H and O–H groups in total. The number of hydrogen-bond donors (Lipinski definition) is 2. The molecule has 0 atom stereocenters. The van der Waals surface area contributed by atoms with Gasteiger partial charge in [-0.25, -0.2) is 9.37 Å². The number of nitrogens with one attached hydrogen (secondary N) is 1. The third-order valence-corrected chi connectivity index (χ3v) is 4.81. The Morgan fingerprint density at radius 3 is 2.32 bits per heavy atom. The monoisotopic (exact) mass is 423 g/mol. The van der Waals surface area contributed by atoms with Crippen molar-refractivity contribution in [3.05, 3.63) is 81.5 Å². The maximum absolute atomic E-state index is 13.4. The molecule has 31 heavy (non-hydrogen) atoms. The summed E-state index contributed by atoms with van der Waals surface area (Å²) in [5.41, 5.74) is 1.78. The van der Waals surface area contributed by atoms with Crippen LogP contribution >= 0.6 is 0 Å². The highest BCUT2D eigenvalue weighted by Gasteiger charge is 2.18. The second kappa shape index (κ2) is 9.44. The third-order valence-electron chi connectivity index (χ3n) is 4.81. The molecule has 160 valence electrons. The van der Waals surface area contributed by atoms with Gasteiger partial charge in [0.05, 0.1) is 0 Å². The Kier molecular flexibility index (Phi) is 6.71. The molecule has 0 unspecified atom stereocenters. The van der Waals surface area contributed by atoms with Crippen molar-refractivity contribution < 1.29 is 19.1 Å². The first-order valence-corrected chi connectivity index (χ1v) is 9.68. The predicted molar refractivity (Wildman–Crippen MR) is 114 cm³/mol. The number of aliphatic hydroxyl groups excluding tert-OH is 1. The van der Waals surface area contributed by atoms with E-state index in [0.29, 0.717) is 28.1 Å². The van der Waals surface area contributed by atoms with Crippen molar-refractivity contribution in [3.63, 3.8) is 0 Å². The second-order valence-corrected chi connectivity index (χ2v) is 7.05. The van der Waals surface area contributed by atoms with Crippen molar-refractivity contribution in [2.24, 2.45) is 0 Å². The highest BCUT2D eigenvalue weighted by molar-refractivity contribution is 5.95. The van der Waals surface area contributed by atoms with Crippen LogP contribution in [0.4, 0.5) is 10.1 Å². The van der Waals surface area contributed by atoms with Crippen LogP contribution in [0.15, 0.2) is 53.3 Å². The van der Waals surface area contributed by atoms with Gasteiger partial charge in [0, 0.05) is 41.1 Å². The zero-order valence-corrected chi connectivity index (χ0v) is 17.2. The van der Waals surface area contributed by atoms with E-state index in [1.165, 1.54) is 35.8 Å². The molecule has 7 nitrogen and oxygen atoms in total.